The van der Waals surface area contributed by atoms with Gasteiger partial charge >= 0.3 is 0 Å². The van der Waals surface area contributed by atoms with Crippen molar-refractivity contribution >= 4 is 11.6 Å². The Morgan fingerprint density at radius 2 is 1.70 bits per heavy atom. The van der Waals surface area contributed by atoms with Gasteiger partial charge in [0.1, 0.15) is 0 Å². The Kier molecular flexibility index (Phi) is 6.76. The molecule has 1 amide bonds. The SMILES string of the molecule is O=C(CCc1ccc(F)c(F)c1)NCCN1CCN(c2ccccc2)CC1. The van der Waals surface area contributed by atoms with Gasteiger partial charge in [0, 0.05) is 51.4 Å². The predicted octanol–water partition coefficient (Wildman–Crippen LogP) is 2.84. The molecule has 27 heavy (non-hydrogen) atoms. The van der Waals surface area contributed by atoms with Crippen LogP contribution in [0.3, 0.4) is 0 Å². The van der Waals surface area contributed by atoms with Gasteiger partial charge in [-0.3, -0.25) is 9.69 Å². The standard InChI is InChI=1S/C21H25F2N3O/c22-19-8-6-17(16-20(19)23)7-9-21(27)24-10-11-25-12-14-26(15-13-25)18-4-2-1-3-5-18/h1-6,8,16H,7,9-15H2,(H,24,27). The van der Waals surface area contributed by atoms with Gasteiger partial charge in [-0.15, -0.1) is 0 Å². The van der Waals surface area contributed by atoms with Gasteiger partial charge in [-0.2, -0.15) is 0 Å². The van der Waals surface area contributed by atoms with Gasteiger partial charge in [-0.1, -0.05) is 24.3 Å². The third-order valence-corrected chi connectivity index (χ3v) is 4.87. The van der Waals surface area contributed by atoms with Crippen molar-refractivity contribution in [1.29, 1.82) is 0 Å². The van der Waals surface area contributed by atoms with E-state index in [1.807, 2.05) is 6.07 Å². The number of hydrogen-bond donors (Lipinski definition) is 1. The van der Waals surface area contributed by atoms with Crippen molar-refractivity contribution in [2.75, 3.05) is 44.2 Å². The summed E-state index contributed by atoms with van der Waals surface area (Å²) in [6.07, 6.45) is 0.672. The minimum Gasteiger partial charge on any atom is -0.369 e. The minimum absolute atomic E-state index is 0.0670. The summed E-state index contributed by atoms with van der Waals surface area (Å²) in [6, 6.07) is 14.1. The highest BCUT2D eigenvalue weighted by Gasteiger charge is 2.16. The van der Waals surface area contributed by atoms with E-state index in [9.17, 15) is 13.6 Å². The summed E-state index contributed by atoms with van der Waals surface area (Å²) in [5, 5.41) is 2.91. The van der Waals surface area contributed by atoms with Crippen LogP contribution in [0.15, 0.2) is 48.5 Å². The Labute approximate surface area is 158 Å². The molecule has 3 rings (SSSR count). The summed E-state index contributed by atoms with van der Waals surface area (Å²) in [4.78, 5) is 16.7. The van der Waals surface area contributed by atoms with Gasteiger partial charge in [0.25, 0.3) is 0 Å². The number of nitrogens with zero attached hydrogens (tertiary/aromatic N) is 2. The highest BCUT2D eigenvalue weighted by Crippen LogP contribution is 2.15. The van der Waals surface area contributed by atoms with Crippen LogP contribution in [-0.4, -0.2) is 50.1 Å². The lowest BCUT2D eigenvalue weighted by Gasteiger charge is -2.36. The van der Waals surface area contributed by atoms with E-state index in [1.165, 1.54) is 11.8 Å². The van der Waals surface area contributed by atoms with Gasteiger partial charge < -0.3 is 10.2 Å². The van der Waals surface area contributed by atoms with Crippen LogP contribution in [0.2, 0.25) is 0 Å². The number of para-hydroxylation sites is 1. The highest BCUT2D eigenvalue weighted by atomic mass is 19.2. The molecule has 0 spiro atoms. The predicted molar refractivity (Wildman–Crippen MR) is 103 cm³/mol. The van der Waals surface area contributed by atoms with Crippen LogP contribution in [0.5, 0.6) is 0 Å². The molecule has 0 unspecified atom stereocenters. The Bertz CT molecular complexity index is 746. The third kappa shape index (κ3) is 5.76. The number of anilines is 1. The maximum atomic E-state index is 13.2. The van der Waals surface area contributed by atoms with Crippen LogP contribution in [-0.2, 0) is 11.2 Å². The number of carbonyl (C=O) groups is 1. The van der Waals surface area contributed by atoms with Gasteiger partial charge in [-0.05, 0) is 36.2 Å². The van der Waals surface area contributed by atoms with Crippen LogP contribution in [0, 0.1) is 11.6 Å². The molecule has 0 aliphatic carbocycles. The summed E-state index contributed by atoms with van der Waals surface area (Å²) in [5.74, 6) is -1.80. The Hall–Kier alpha value is -2.47. The van der Waals surface area contributed by atoms with Gasteiger partial charge in [-0.25, -0.2) is 8.78 Å². The molecule has 1 aliphatic heterocycles. The number of nitrogens with one attached hydrogen (secondary N) is 1. The minimum atomic E-state index is -0.873. The van der Waals surface area contributed by atoms with Crippen LogP contribution in [0.1, 0.15) is 12.0 Å². The van der Waals surface area contributed by atoms with Crippen LogP contribution >= 0.6 is 0 Å². The summed E-state index contributed by atoms with van der Waals surface area (Å²) in [7, 11) is 0. The van der Waals surface area contributed by atoms with Gasteiger partial charge in [0.15, 0.2) is 11.6 Å². The summed E-state index contributed by atoms with van der Waals surface area (Å²) < 4.78 is 26.1. The van der Waals surface area contributed by atoms with E-state index in [0.29, 0.717) is 18.5 Å². The molecule has 0 bridgehead atoms. The zero-order chi connectivity index (χ0) is 19.1. The molecule has 0 aromatic heterocycles. The lowest BCUT2D eigenvalue weighted by molar-refractivity contribution is -0.121. The van der Waals surface area contributed by atoms with Crippen molar-refractivity contribution in [3.05, 3.63) is 65.7 Å². The molecule has 2 aromatic rings. The topological polar surface area (TPSA) is 35.6 Å². The lowest BCUT2D eigenvalue weighted by atomic mass is 10.1. The average Bonchev–Trinajstić information content (AvgIpc) is 2.70. The molecule has 0 radical (unpaired) electrons. The molecule has 144 valence electrons. The fourth-order valence-corrected chi connectivity index (χ4v) is 3.26. The van der Waals surface area contributed by atoms with Crippen molar-refractivity contribution in [1.82, 2.24) is 10.2 Å². The number of amides is 1. The van der Waals surface area contributed by atoms with Gasteiger partial charge in [0.05, 0.1) is 0 Å². The second-order valence-corrected chi connectivity index (χ2v) is 6.76. The molecule has 1 N–H and O–H groups in total. The van der Waals surface area contributed by atoms with Crippen LogP contribution in [0.25, 0.3) is 0 Å². The van der Waals surface area contributed by atoms with Crippen molar-refractivity contribution in [3.8, 4) is 0 Å². The summed E-state index contributed by atoms with van der Waals surface area (Å²) >= 11 is 0. The maximum Gasteiger partial charge on any atom is 0.220 e. The molecule has 0 saturated carbocycles. The first-order valence-corrected chi connectivity index (χ1v) is 9.35. The number of hydrogen-bond acceptors (Lipinski definition) is 3. The van der Waals surface area contributed by atoms with E-state index in [2.05, 4.69) is 39.4 Å². The average molecular weight is 373 g/mol. The number of carbonyl (C=O) groups excluding carboxylic acids is 1. The molecular weight excluding hydrogens is 348 g/mol. The van der Waals surface area contributed by atoms with E-state index >= 15 is 0 Å². The van der Waals surface area contributed by atoms with Crippen molar-refractivity contribution < 1.29 is 13.6 Å². The summed E-state index contributed by atoms with van der Waals surface area (Å²) in [6.45, 7) is 5.32. The Morgan fingerprint density at radius 3 is 2.41 bits per heavy atom. The number of piperazine rings is 1. The molecule has 1 heterocycles. The molecule has 1 fully saturated rings. The second-order valence-electron chi connectivity index (χ2n) is 6.76. The molecular formula is C21H25F2N3O. The smallest absolute Gasteiger partial charge is 0.220 e. The first-order chi connectivity index (χ1) is 13.1. The normalized spacial score (nSPS) is 15.0. The van der Waals surface area contributed by atoms with E-state index in [0.717, 1.165) is 44.9 Å². The van der Waals surface area contributed by atoms with Crippen molar-refractivity contribution in [3.63, 3.8) is 0 Å². The quantitative estimate of drug-likeness (QED) is 0.811. The molecule has 6 heteroatoms. The Morgan fingerprint density at radius 1 is 0.963 bits per heavy atom. The first kappa shape index (κ1) is 19.3. The fraction of sp³-hybridized carbons (Fsp3) is 0.381. The van der Waals surface area contributed by atoms with E-state index in [1.54, 1.807) is 0 Å². The highest BCUT2D eigenvalue weighted by molar-refractivity contribution is 5.76. The van der Waals surface area contributed by atoms with E-state index in [4.69, 9.17) is 0 Å². The number of rotatable bonds is 7. The largest absolute Gasteiger partial charge is 0.369 e. The molecule has 4 nitrogen and oxygen atoms in total. The molecule has 1 saturated heterocycles. The molecule has 0 atom stereocenters. The van der Waals surface area contributed by atoms with Crippen LogP contribution in [0.4, 0.5) is 14.5 Å². The number of halogens is 2. The third-order valence-electron chi connectivity index (χ3n) is 4.87. The molecule has 2 aromatic carbocycles. The van der Waals surface area contributed by atoms with Crippen molar-refractivity contribution in [2.24, 2.45) is 0 Å². The van der Waals surface area contributed by atoms with Crippen molar-refractivity contribution in [2.45, 2.75) is 12.8 Å². The van der Waals surface area contributed by atoms with E-state index in [-0.39, 0.29) is 12.3 Å². The molecule has 1 aliphatic rings. The zero-order valence-electron chi connectivity index (χ0n) is 15.3. The van der Waals surface area contributed by atoms with Gasteiger partial charge in [0.2, 0.25) is 5.91 Å². The second kappa shape index (κ2) is 9.46. The number of benzene rings is 2. The van der Waals surface area contributed by atoms with Crippen LogP contribution < -0.4 is 10.2 Å². The lowest BCUT2D eigenvalue weighted by Crippen LogP contribution is -2.48. The monoisotopic (exact) mass is 373 g/mol. The zero-order valence-corrected chi connectivity index (χ0v) is 15.3. The Balaban J connectivity index is 1.32. The number of aryl methyl sites for hydroxylation is 1. The maximum absolute atomic E-state index is 13.2. The van der Waals surface area contributed by atoms with E-state index < -0.39 is 11.6 Å². The first-order valence-electron chi connectivity index (χ1n) is 9.35. The fourth-order valence-electron chi connectivity index (χ4n) is 3.26. The summed E-state index contributed by atoms with van der Waals surface area (Å²) in [5.41, 5.74) is 1.88.